The van der Waals surface area contributed by atoms with E-state index in [1.807, 2.05) is 0 Å². The van der Waals surface area contributed by atoms with E-state index < -0.39 is 20.8 Å². The van der Waals surface area contributed by atoms with Gasteiger partial charge in [-0.25, -0.2) is 17.8 Å². The van der Waals surface area contributed by atoms with E-state index in [1.54, 1.807) is 0 Å². The highest BCUT2D eigenvalue weighted by Gasteiger charge is 2.21. The number of rotatable bonds is 3. The summed E-state index contributed by atoms with van der Waals surface area (Å²) >= 11 is 3.84. The molecule has 0 bridgehead atoms. The summed E-state index contributed by atoms with van der Waals surface area (Å²) < 4.78 is 36.5. The summed E-state index contributed by atoms with van der Waals surface area (Å²) in [5, 5.41) is 2.37. The van der Waals surface area contributed by atoms with Gasteiger partial charge in [-0.2, -0.15) is 0 Å². The van der Waals surface area contributed by atoms with Crippen LogP contribution in [0.1, 0.15) is 16.1 Å². The predicted octanol–water partition coefficient (Wildman–Crippen LogP) is 3.53. The number of nitrogens with one attached hydrogen (secondary N) is 1. The molecule has 0 spiro atoms. The monoisotopic (exact) mass is 412 g/mol. The van der Waals surface area contributed by atoms with Crippen molar-refractivity contribution in [2.45, 2.75) is 11.1 Å². The molecule has 1 N–H and O–H groups in total. The highest BCUT2D eigenvalue weighted by Crippen LogP contribution is 2.30. The zero-order valence-electron chi connectivity index (χ0n) is 10.4. The highest BCUT2D eigenvalue weighted by atomic mass is 79.9. The van der Waals surface area contributed by atoms with Gasteiger partial charge in [-0.05, 0) is 25.1 Å². The second kappa shape index (κ2) is 5.99. The van der Waals surface area contributed by atoms with Gasteiger partial charge in [-0.1, -0.05) is 27.3 Å². The van der Waals surface area contributed by atoms with Gasteiger partial charge in [-0.15, -0.1) is 0 Å². The molecule has 112 valence electrons. The molecule has 1 amide bonds. The van der Waals surface area contributed by atoms with Crippen LogP contribution in [0.4, 0.5) is 9.52 Å². The van der Waals surface area contributed by atoms with Crippen molar-refractivity contribution in [2.24, 2.45) is 0 Å². The summed E-state index contributed by atoms with van der Waals surface area (Å²) in [5.74, 6) is -1.43. The number of hydrogen-bond donors (Lipinski definition) is 1. The number of thiazole rings is 1. The number of amides is 1. The number of carbonyl (C=O) groups excluding carboxylic acids is 1. The summed E-state index contributed by atoms with van der Waals surface area (Å²) in [5.41, 5.74) is -0.0208. The standard InChI is InChI=1S/C11H7BrClFN2O3S2/c1-5-10(21(13,18)19)20-11(15-5)16-9(17)7-4-6(12)2-3-8(7)14/h2-4H,1H3,(H,15,16,17). The van der Waals surface area contributed by atoms with Gasteiger partial charge in [-0.3, -0.25) is 10.1 Å². The first kappa shape index (κ1) is 16.3. The SMILES string of the molecule is Cc1nc(NC(=O)c2cc(Br)ccc2F)sc1S(=O)(=O)Cl. The zero-order valence-corrected chi connectivity index (χ0v) is 14.3. The molecule has 1 aromatic carbocycles. The van der Waals surface area contributed by atoms with E-state index in [2.05, 4.69) is 26.2 Å². The number of nitrogens with zero attached hydrogens (tertiary/aromatic N) is 1. The maximum atomic E-state index is 13.6. The van der Waals surface area contributed by atoms with Crippen molar-refractivity contribution >= 4 is 58.0 Å². The lowest BCUT2D eigenvalue weighted by Crippen LogP contribution is -2.13. The Labute approximate surface area is 136 Å². The summed E-state index contributed by atoms with van der Waals surface area (Å²) in [7, 11) is 1.31. The second-order valence-electron chi connectivity index (χ2n) is 3.91. The summed E-state index contributed by atoms with van der Waals surface area (Å²) in [6.07, 6.45) is 0. The van der Waals surface area contributed by atoms with Crippen LogP contribution in [-0.4, -0.2) is 19.3 Å². The van der Waals surface area contributed by atoms with Crippen LogP contribution in [0.15, 0.2) is 26.9 Å². The molecule has 1 heterocycles. The van der Waals surface area contributed by atoms with Crippen LogP contribution in [0.3, 0.4) is 0 Å². The van der Waals surface area contributed by atoms with E-state index >= 15 is 0 Å². The van der Waals surface area contributed by atoms with Gasteiger partial charge < -0.3 is 0 Å². The molecule has 0 saturated carbocycles. The van der Waals surface area contributed by atoms with Gasteiger partial charge in [0.05, 0.1) is 11.3 Å². The molecule has 10 heteroatoms. The highest BCUT2D eigenvalue weighted by molar-refractivity contribution is 9.10. The van der Waals surface area contributed by atoms with E-state index in [1.165, 1.54) is 19.1 Å². The number of benzene rings is 1. The Kier molecular flexibility index (Phi) is 4.66. The van der Waals surface area contributed by atoms with E-state index in [0.717, 1.165) is 6.07 Å². The Bertz CT molecular complexity index is 823. The molecule has 0 aliphatic rings. The van der Waals surface area contributed by atoms with Crippen LogP contribution in [-0.2, 0) is 9.05 Å². The molecule has 2 aromatic rings. The molecule has 0 radical (unpaired) electrons. The third kappa shape index (κ3) is 3.79. The molecule has 0 unspecified atom stereocenters. The molecule has 0 saturated heterocycles. The fraction of sp³-hybridized carbons (Fsp3) is 0.0909. The number of hydrogen-bond acceptors (Lipinski definition) is 5. The summed E-state index contributed by atoms with van der Waals surface area (Å²) in [6, 6.07) is 3.91. The van der Waals surface area contributed by atoms with Crippen molar-refractivity contribution in [3.8, 4) is 0 Å². The normalized spacial score (nSPS) is 11.4. The first-order valence-corrected chi connectivity index (χ1v) is 9.29. The lowest BCUT2D eigenvalue weighted by atomic mass is 10.2. The summed E-state index contributed by atoms with van der Waals surface area (Å²) in [6.45, 7) is 1.45. The predicted molar refractivity (Wildman–Crippen MR) is 81.9 cm³/mol. The van der Waals surface area contributed by atoms with Crippen molar-refractivity contribution < 1.29 is 17.6 Å². The van der Waals surface area contributed by atoms with Crippen LogP contribution in [0.2, 0.25) is 0 Å². The minimum atomic E-state index is -3.93. The Hall–Kier alpha value is -1.03. The molecular formula is C11H7BrClFN2O3S2. The minimum Gasteiger partial charge on any atom is -0.298 e. The Morgan fingerprint density at radius 2 is 2.14 bits per heavy atom. The quantitative estimate of drug-likeness (QED) is 0.781. The number of aryl methyl sites for hydroxylation is 1. The summed E-state index contributed by atoms with van der Waals surface area (Å²) in [4.78, 5) is 15.9. The van der Waals surface area contributed by atoms with Gasteiger partial charge in [0, 0.05) is 15.2 Å². The molecule has 0 aliphatic carbocycles. The van der Waals surface area contributed by atoms with Crippen molar-refractivity contribution in [1.29, 1.82) is 0 Å². The number of halogens is 3. The first-order chi connectivity index (χ1) is 9.68. The minimum absolute atomic E-state index is 0.0242. The van der Waals surface area contributed by atoms with E-state index in [-0.39, 0.29) is 20.6 Å². The Balaban J connectivity index is 2.30. The second-order valence-corrected chi connectivity index (χ2v) is 8.58. The van der Waals surface area contributed by atoms with Crippen molar-refractivity contribution in [2.75, 3.05) is 5.32 Å². The van der Waals surface area contributed by atoms with Gasteiger partial charge in [0.15, 0.2) is 9.34 Å². The molecule has 0 aliphatic heterocycles. The average Bonchev–Trinajstić information content (AvgIpc) is 2.73. The molecule has 1 aromatic heterocycles. The third-order valence-electron chi connectivity index (χ3n) is 2.37. The van der Waals surface area contributed by atoms with Crippen molar-refractivity contribution in [3.63, 3.8) is 0 Å². The number of anilines is 1. The zero-order chi connectivity index (χ0) is 15.8. The number of carbonyl (C=O) groups is 1. The van der Waals surface area contributed by atoms with E-state index in [0.29, 0.717) is 15.8 Å². The van der Waals surface area contributed by atoms with Gasteiger partial charge >= 0.3 is 0 Å². The van der Waals surface area contributed by atoms with Crippen LogP contribution in [0.5, 0.6) is 0 Å². The first-order valence-electron chi connectivity index (χ1n) is 5.37. The van der Waals surface area contributed by atoms with Crippen LogP contribution < -0.4 is 5.32 Å². The molecular weight excluding hydrogens is 407 g/mol. The Morgan fingerprint density at radius 1 is 1.48 bits per heavy atom. The fourth-order valence-corrected chi connectivity index (χ4v) is 4.21. The van der Waals surface area contributed by atoms with Gasteiger partial charge in [0.2, 0.25) is 0 Å². The lowest BCUT2D eigenvalue weighted by molar-refractivity contribution is 0.102. The smallest absolute Gasteiger partial charge is 0.272 e. The average molecular weight is 414 g/mol. The third-order valence-corrected chi connectivity index (χ3v) is 6.11. The van der Waals surface area contributed by atoms with Crippen LogP contribution in [0.25, 0.3) is 0 Å². The molecule has 5 nitrogen and oxygen atoms in total. The maximum Gasteiger partial charge on any atom is 0.272 e. The van der Waals surface area contributed by atoms with E-state index in [4.69, 9.17) is 10.7 Å². The van der Waals surface area contributed by atoms with Crippen molar-refractivity contribution in [3.05, 3.63) is 39.7 Å². The number of aromatic nitrogens is 1. The Morgan fingerprint density at radius 3 is 2.71 bits per heavy atom. The van der Waals surface area contributed by atoms with Gasteiger partial charge in [0.25, 0.3) is 15.0 Å². The fourth-order valence-electron chi connectivity index (χ4n) is 1.50. The van der Waals surface area contributed by atoms with Crippen LogP contribution >= 0.6 is 37.9 Å². The lowest BCUT2D eigenvalue weighted by Gasteiger charge is -2.03. The molecule has 0 atom stereocenters. The van der Waals surface area contributed by atoms with Crippen molar-refractivity contribution in [1.82, 2.24) is 4.98 Å². The topological polar surface area (TPSA) is 76.1 Å². The molecule has 21 heavy (non-hydrogen) atoms. The molecule has 0 fully saturated rings. The molecule has 2 rings (SSSR count). The van der Waals surface area contributed by atoms with Gasteiger partial charge in [0.1, 0.15) is 5.82 Å². The maximum absolute atomic E-state index is 13.6. The largest absolute Gasteiger partial charge is 0.298 e. The van der Waals surface area contributed by atoms with Crippen LogP contribution in [0, 0.1) is 12.7 Å². The van der Waals surface area contributed by atoms with E-state index in [9.17, 15) is 17.6 Å².